The van der Waals surface area contributed by atoms with E-state index in [0.717, 1.165) is 23.2 Å². The highest BCUT2D eigenvalue weighted by Crippen LogP contribution is 2.40. The molecule has 1 aromatic heterocycles. The average Bonchev–Trinajstić information content (AvgIpc) is 3.39. The molecule has 35 heavy (non-hydrogen) atoms. The van der Waals surface area contributed by atoms with Crippen LogP contribution in [0.4, 0.5) is 24.5 Å². The number of fused-ring (bicyclic) bond motifs is 3. The summed E-state index contributed by atoms with van der Waals surface area (Å²) in [5.74, 6) is 0.639. The lowest BCUT2D eigenvalue weighted by Crippen LogP contribution is -2.61. The SMILES string of the molecule is COc1cccc(N2CCN3c4ccc(C(F)(F)F)cc4C[C@H](C(=O)NCc4ccco4)[C@@H]3C2)c1. The van der Waals surface area contributed by atoms with Gasteiger partial charge in [-0.05, 0) is 54.4 Å². The molecule has 0 aliphatic carbocycles. The van der Waals surface area contributed by atoms with Gasteiger partial charge in [-0.2, -0.15) is 13.2 Å². The van der Waals surface area contributed by atoms with Crippen LogP contribution in [-0.4, -0.2) is 38.7 Å². The number of carbonyl (C=O) groups is 1. The number of benzene rings is 2. The molecule has 5 rings (SSSR count). The first-order valence-electron chi connectivity index (χ1n) is 11.5. The first-order valence-corrected chi connectivity index (χ1v) is 11.5. The first-order chi connectivity index (χ1) is 16.8. The quantitative estimate of drug-likeness (QED) is 0.577. The predicted octanol–water partition coefficient (Wildman–Crippen LogP) is 4.49. The number of alkyl halides is 3. The van der Waals surface area contributed by atoms with Gasteiger partial charge in [-0.15, -0.1) is 0 Å². The Morgan fingerprint density at radius 3 is 2.74 bits per heavy atom. The number of anilines is 2. The zero-order valence-corrected chi connectivity index (χ0v) is 19.2. The standard InChI is InChI=1S/C26H26F3N3O3/c1-34-20-5-2-4-19(14-20)31-9-10-32-23-8-7-18(26(27,28)29)12-17(23)13-22(24(32)16-31)25(33)30-15-21-6-3-11-35-21/h2-8,11-12,14,22,24H,9-10,13,15-16H2,1H3,(H,30,33)/t22-,24-/m0/s1. The number of nitrogens with one attached hydrogen (secondary N) is 1. The summed E-state index contributed by atoms with van der Waals surface area (Å²) in [5.41, 5.74) is 1.60. The van der Waals surface area contributed by atoms with Gasteiger partial charge in [0.2, 0.25) is 5.91 Å². The Hall–Kier alpha value is -3.62. The highest BCUT2D eigenvalue weighted by atomic mass is 19.4. The Bertz CT molecular complexity index is 1200. The van der Waals surface area contributed by atoms with Crippen LogP contribution in [0.1, 0.15) is 16.9 Å². The van der Waals surface area contributed by atoms with Crippen LogP contribution in [0.3, 0.4) is 0 Å². The molecular formula is C26H26F3N3O3. The van der Waals surface area contributed by atoms with Crippen LogP contribution in [0.25, 0.3) is 0 Å². The summed E-state index contributed by atoms with van der Waals surface area (Å²) < 4.78 is 50.9. The topological polar surface area (TPSA) is 58.0 Å². The van der Waals surface area contributed by atoms with E-state index in [1.54, 1.807) is 25.3 Å². The number of furan rings is 1. The van der Waals surface area contributed by atoms with Crippen LogP contribution >= 0.6 is 0 Å². The molecule has 3 heterocycles. The van der Waals surface area contributed by atoms with E-state index in [9.17, 15) is 18.0 Å². The van der Waals surface area contributed by atoms with Crippen LogP contribution in [0.2, 0.25) is 0 Å². The lowest BCUT2D eigenvalue weighted by molar-refractivity contribution is -0.137. The summed E-state index contributed by atoms with van der Waals surface area (Å²) in [6.45, 7) is 2.05. The van der Waals surface area contributed by atoms with Crippen molar-refractivity contribution in [2.24, 2.45) is 5.92 Å². The number of piperazine rings is 1. The fraction of sp³-hybridized carbons (Fsp3) is 0.346. The molecule has 1 N–H and O–H groups in total. The van der Waals surface area contributed by atoms with Crippen LogP contribution in [0.5, 0.6) is 5.75 Å². The molecular weight excluding hydrogens is 459 g/mol. The maximum Gasteiger partial charge on any atom is 0.416 e. The van der Waals surface area contributed by atoms with E-state index in [0.29, 0.717) is 31.0 Å². The zero-order chi connectivity index (χ0) is 24.6. The highest BCUT2D eigenvalue weighted by Gasteiger charge is 2.42. The fourth-order valence-corrected chi connectivity index (χ4v) is 5.06. The Balaban J connectivity index is 1.45. The molecule has 2 aliphatic heterocycles. The second-order valence-corrected chi connectivity index (χ2v) is 8.86. The predicted molar refractivity (Wildman–Crippen MR) is 126 cm³/mol. The monoisotopic (exact) mass is 485 g/mol. The van der Waals surface area contributed by atoms with Gasteiger partial charge in [0.25, 0.3) is 0 Å². The second kappa shape index (κ2) is 9.20. The maximum absolute atomic E-state index is 13.4. The second-order valence-electron chi connectivity index (χ2n) is 8.86. The van der Waals surface area contributed by atoms with Crippen LogP contribution in [0, 0.1) is 5.92 Å². The van der Waals surface area contributed by atoms with E-state index < -0.39 is 17.7 Å². The van der Waals surface area contributed by atoms with E-state index >= 15 is 0 Å². The number of amides is 1. The molecule has 6 nitrogen and oxygen atoms in total. The summed E-state index contributed by atoms with van der Waals surface area (Å²) in [5, 5.41) is 2.92. The van der Waals surface area contributed by atoms with E-state index in [1.165, 1.54) is 12.3 Å². The lowest BCUT2D eigenvalue weighted by atomic mass is 9.82. The lowest BCUT2D eigenvalue weighted by Gasteiger charge is -2.49. The van der Waals surface area contributed by atoms with Crippen molar-refractivity contribution >= 4 is 17.3 Å². The van der Waals surface area contributed by atoms with E-state index in [2.05, 4.69) is 15.1 Å². The smallest absolute Gasteiger partial charge is 0.416 e. The number of hydrogen-bond acceptors (Lipinski definition) is 5. The van der Waals surface area contributed by atoms with Crippen molar-refractivity contribution in [1.82, 2.24) is 5.32 Å². The van der Waals surface area contributed by atoms with Gasteiger partial charge >= 0.3 is 6.18 Å². The van der Waals surface area contributed by atoms with E-state index in [4.69, 9.17) is 9.15 Å². The third-order valence-corrected chi connectivity index (χ3v) is 6.81. The van der Waals surface area contributed by atoms with Crippen molar-refractivity contribution in [3.63, 3.8) is 0 Å². The molecule has 0 unspecified atom stereocenters. The largest absolute Gasteiger partial charge is 0.497 e. The maximum atomic E-state index is 13.4. The van der Waals surface area contributed by atoms with Gasteiger partial charge in [-0.25, -0.2) is 0 Å². The molecule has 184 valence electrons. The van der Waals surface area contributed by atoms with Gasteiger partial charge in [-0.3, -0.25) is 4.79 Å². The number of nitrogens with zero attached hydrogens (tertiary/aromatic N) is 2. The molecule has 2 atom stereocenters. The molecule has 1 amide bonds. The summed E-state index contributed by atoms with van der Waals surface area (Å²) in [6, 6.07) is 14.9. The van der Waals surface area contributed by atoms with Crippen molar-refractivity contribution in [3.8, 4) is 5.75 Å². The van der Waals surface area contributed by atoms with Crippen molar-refractivity contribution in [2.75, 3.05) is 36.5 Å². The van der Waals surface area contributed by atoms with Gasteiger partial charge in [0.15, 0.2) is 0 Å². The minimum absolute atomic E-state index is 0.198. The molecule has 2 aromatic carbocycles. The molecule has 9 heteroatoms. The van der Waals surface area contributed by atoms with E-state index in [1.807, 2.05) is 24.3 Å². The Morgan fingerprint density at radius 2 is 2.00 bits per heavy atom. The highest BCUT2D eigenvalue weighted by molar-refractivity contribution is 5.82. The van der Waals surface area contributed by atoms with Crippen molar-refractivity contribution in [1.29, 1.82) is 0 Å². The van der Waals surface area contributed by atoms with Crippen molar-refractivity contribution in [3.05, 3.63) is 77.7 Å². The van der Waals surface area contributed by atoms with Gasteiger partial charge in [0.1, 0.15) is 11.5 Å². The molecule has 1 fully saturated rings. The Morgan fingerprint density at radius 1 is 1.14 bits per heavy atom. The van der Waals surface area contributed by atoms with Crippen LogP contribution in [0.15, 0.2) is 65.3 Å². The zero-order valence-electron chi connectivity index (χ0n) is 19.2. The Kier molecular flexibility index (Phi) is 6.08. The summed E-state index contributed by atoms with van der Waals surface area (Å²) in [4.78, 5) is 17.6. The number of halogens is 3. The first kappa shape index (κ1) is 23.1. The minimum Gasteiger partial charge on any atom is -0.497 e. The number of methoxy groups -OCH3 is 1. The van der Waals surface area contributed by atoms with Gasteiger partial charge in [0.05, 0.1) is 37.4 Å². The molecule has 0 bridgehead atoms. The summed E-state index contributed by atoms with van der Waals surface area (Å²) in [6.07, 6.45) is -2.67. The van der Waals surface area contributed by atoms with Crippen molar-refractivity contribution < 1.29 is 27.1 Å². The molecule has 0 radical (unpaired) electrons. The molecule has 3 aromatic rings. The van der Waals surface area contributed by atoms with Crippen LogP contribution < -0.4 is 19.9 Å². The van der Waals surface area contributed by atoms with Gasteiger partial charge in [0, 0.05) is 37.1 Å². The number of carbonyl (C=O) groups excluding carboxylic acids is 1. The molecule has 2 aliphatic rings. The minimum atomic E-state index is -4.44. The van der Waals surface area contributed by atoms with Crippen molar-refractivity contribution in [2.45, 2.75) is 25.2 Å². The summed E-state index contributed by atoms with van der Waals surface area (Å²) in [7, 11) is 1.61. The molecule has 0 saturated carbocycles. The third-order valence-electron chi connectivity index (χ3n) is 6.81. The normalized spacial score (nSPS) is 19.7. The fourth-order valence-electron chi connectivity index (χ4n) is 5.06. The third kappa shape index (κ3) is 4.67. The average molecular weight is 486 g/mol. The van der Waals surface area contributed by atoms with Gasteiger partial charge in [-0.1, -0.05) is 6.07 Å². The molecule has 0 spiro atoms. The van der Waals surface area contributed by atoms with Crippen LogP contribution in [-0.2, 0) is 23.9 Å². The Labute approximate surface area is 201 Å². The number of ether oxygens (including phenoxy) is 1. The summed E-state index contributed by atoms with van der Waals surface area (Å²) >= 11 is 0. The molecule has 1 saturated heterocycles. The number of rotatable bonds is 5. The number of hydrogen-bond donors (Lipinski definition) is 1. The van der Waals surface area contributed by atoms with Gasteiger partial charge < -0.3 is 24.3 Å². The van der Waals surface area contributed by atoms with E-state index in [-0.39, 0.29) is 24.9 Å².